The van der Waals surface area contributed by atoms with Gasteiger partial charge < -0.3 is 14.6 Å². The van der Waals surface area contributed by atoms with Crippen molar-refractivity contribution in [3.63, 3.8) is 0 Å². The molecule has 2 rings (SSSR count). The van der Waals surface area contributed by atoms with Crippen molar-refractivity contribution in [1.29, 1.82) is 0 Å². The van der Waals surface area contributed by atoms with Crippen LogP contribution in [0.1, 0.15) is 15.9 Å². The second-order valence-corrected chi connectivity index (χ2v) is 4.82. The summed E-state index contributed by atoms with van der Waals surface area (Å²) in [6.07, 6.45) is -4.52. The van der Waals surface area contributed by atoms with Gasteiger partial charge in [-0.25, -0.2) is 4.79 Å². The minimum Gasteiger partial charge on any atom is -0.493 e. The number of hydrogen-bond acceptors (Lipinski definition) is 3. The predicted octanol–water partition coefficient (Wildman–Crippen LogP) is 4.86. The molecule has 0 heterocycles. The smallest absolute Gasteiger partial charge is 0.416 e. The second kappa shape index (κ2) is 6.37. The number of aromatic carboxylic acids is 1. The van der Waals surface area contributed by atoms with Crippen LogP contribution in [-0.4, -0.2) is 18.2 Å². The van der Waals surface area contributed by atoms with Crippen LogP contribution in [0.3, 0.4) is 0 Å². The van der Waals surface area contributed by atoms with E-state index in [2.05, 4.69) is 0 Å². The predicted molar refractivity (Wildman–Crippen MR) is 76.5 cm³/mol. The zero-order valence-corrected chi connectivity index (χ0v) is 12.4. The number of methoxy groups -OCH3 is 1. The number of hydrogen-bond donors (Lipinski definition) is 1. The van der Waals surface area contributed by atoms with Crippen molar-refractivity contribution in [2.45, 2.75) is 6.18 Å². The fraction of sp³-hybridized carbons (Fsp3) is 0.133. The van der Waals surface area contributed by atoms with Crippen LogP contribution in [0.5, 0.6) is 17.2 Å². The van der Waals surface area contributed by atoms with Crippen molar-refractivity contribution < 1.29 is 32.5 Å². The fourth-order valence-electron chi connectivity index (χ4n) is 1.77. The number of alkyl halides is 3. The summed E-state index contributed by atoms with van der Waals surface area (Å²) in [7, 11) is 1.34. The standard InChI is InChI=1S/C15H10ClF3O4/c1-22-12-4-2-8(14(20)21)6-13(12)23-11-5-3-9(7-10(11)16)15(17,18)19/h2-7H,1H3,(H,20,21). The number of benzene rings is 2. The molecule has 4 nitrogen and oxygen atoms in total. The van der Waals surface area contributed by atoms with E-state index in [1.165, 1.54) is 25.3 Å². The Kier molecular flexibility index (Phi) is 4.70. The molecule has 0 saturated heterocycles. The molecule has 0 saturated carbocycles. The molecule has 0 aromatic heterocycles. The van der Waals surface area contributed by atoms with Gasteiger partial charge in [0, 0.05) is 0 Å². The molecule has 8 heteroatoms. The Balaban J connectivity index is 2.39. The molecule has 0 fully saturated rings. The van der Waals surface area contributed by atoms with Crippen LogP contribution in [0, 0.1) is 0 Å². The van der Waals surface area contributed by atoms with Gasteiger partial charge in [0.05, 0.1) is 23.3 Å². The van der Waals surface area contributed by atoms with Crippen molar-refractivity contribution >= 4 is 17.6 Å². The van der Waals surface area contributed by atoms with Gasteiger partial charge in [-0.1, -0.05) is 11.6 Å². The van der Waals surface area contributed by atoms with Gasteiger partial charge in [0.25, 0.3) is 0 Å². The number of carboxylic acid groups (broad SMARTS) is 1. The van der Waals surface area contributed by atoms with Gasteiger partial charge in [-0.2, -0.15) is 13.2 Å². The molecule has 0 spiro atoms. The van der Waals surface area contributed by atoms with Gasteiger partial charge in [-0.3, -0.25) is 0 Å². The highest BCUT2D eigenvalue weighted by atomic mass is 35.5. The molecule has 1 N–H and O–H groups in total. The van der Waals surface area contributed by atoms with Gasteiger partial charge in [-0.05, 0) is 36.4 Å². The van der Waals surface area contributed by atoms with Crippen LogP contribution >= 0.6 is 11.6 Å². The van der Waals surface area contributed by atoms with E-state index >= 15 is 0 Å². The summed E-state index contributed by atoms with van der Waals surface area (Å²) in [5, 5.41) is 8.71. The molecular formula is C15H10ClF3O4. The summed E-state index contributed by atoms with van der Waals surface area (Å²) in [6.45, 7) is 0. The summed E-state index contributed by atoms with van der Waals surface area (Å²) in [5.74, 6) is -1.00. The van der Waals surface area contributed by atoms with Crippen molar-refractivity contribution in [1.82, 2.24) is 0 Å². The average molecular weight is 347 g/mol. The topological polar surface area (TPSA) is 55.8 Å². The summed E-state index contributed by atoms with van der Waals surface area (Å²) in [6, 6.07) is 6.46. The summed E-state index contributed by atoms with van der Waals surface area (Å²) in [5.41, 5.74) is -0.982. The van der Waals surface area contributed by atoms with Crippen molar-refractivity contribution in [2.24, 2.45) is 0 Å². The van der Waals surface area contributed by atoms with Crippen LogP contribution < -0.4 is 9.47 Å². The molecule has 0 bridgehead atoms. The highest BCUT2D eigenvalue weighted by Gasteiger charge is 2.31. The van der Waals surface area contributed by atoms with Crippen LogP contribution in [0.4, 0.5) is 13.2 Å². The summed E-state index contributed by atoms with van der Waals surface area (Å²) >= 11 is 5.80. The Bertz CT molecular complexity index is 744. The normalized spacial score (nSPS) is 11.2. The van der Waals surface area contributed by atoms with E-state index in [0.717, 1.165) is 18.2 Å². The number of rotatable bonds is 4. The minimum atomic E-state index is -4.52. The lowest BCUT2D eigenvalue weighted by Crippen LogP contribution is -2.04. The fourth-order valence-corrected chi connectivity index (χ4v) is 1.99. The van der Waals surface area contributed by atoms with Crippen LogP contribution in [0.15, 0.2) is 36.4 Å². The van der Waals surface area contributed by atoms with E-state index in [4.69, 9.17) is 26.2 Å². The third-order valence-electron chi connectivity index (χ3n) is 2.89. The zero-order valence-electron chi connectivity index (χ0n) is 11.6. The molecule has 0 aliphatic carbocycles. The van der Waals surface area contributed by atoms with E-state index in [1.807, 2.05) is 0 Å². The average Bonchev–Trinajstić information content (AvgIpc) is 2.48. The molecule has 23 heavy (non-hydrogen) atoms. The van der Waals surface area contributed by atoms with Crippen LogP contribution in [-0.2, 0) is 6.18 Å². The monoisotopic (exact) mass is 346 g/mol. The van der Waals surface area contributed by atoms with E-state index in [0.29, 0.717) is 0 Å². The molecule has 0 unspecified atom stereocenters. The molecule has 0 aliphatic heterocycles. The lowest BCUT2D eigenvalue weighted by molar-refractivity contribution is -0.137. The first-order chi connectivity index (χ1) is 10.7. The zero-order chi connectivity index (χ0) is 17.2. The lowest BCUT2D eigenvalue weighted by Gasteiger charge is -2.13. The van der Waals surface area contributed by atoms with Gasteiger partial charge in [0.1, 0.15) is 5.75 Å². The van der Waals surface area contributed by atoms with Crippen molar-refractivity contribution in [3.8, 4) is 17.2 Å². The summed E-state index contributed by atoms with van der Waals surface area (Å²) in [4.78, 5) is 11.0. The first kappa shape index (κ1) is 17.0. The van der Waals surface area contributed by atoms with Crippen molar-refractivity contribution in [2.75, 3.05) is 7.11 Å². The Morgan fingerprint density at radius 3 is 2.26 bits per heavy atom. The Morgan fingerprint density at radius 1 is 1.09 bits per heavy atom. The molecule has 122 valence electrons. The highest BCUT2D eigenvalue weighted by Crippen LogP contribution is 2.39. The van der Waals surface area contributed by atoms with Crippen molar-refractivity contribution in [3.05, 3.63) is 52.5 Å². The van der Waals surface area contributed by atoms with E-state index < -0.39 is 17.7 Å². The van der Waals surface area contributed by atoms with Crippen LogP contribution in [0.25, 0.3) is 0 Å². The molecule has 0 amide bonds. The van der Waals surface area contributed by atoms with E-state index in [1.54, 1.807) is 0 Å². The van der Waals surface area contributed by atoms with E-state index in [9.17, 15) is 18.0 Å². The maximum absolute atomic E-state index is 12.6. The maximum atomic E-state index is 12.6. The first-order valence-corrected chi connectivity index (χ1v) is 6.56. The Labute approximate surface area is 134 Å². The number of carboxylic acids is 1. The number of halogens is 4. The quantitative estimate of drug-likeness (QED) is 0.859. The number of carbonyl (C=O) groups is 1. The largest absolute Gasteiger partial charge is 0.493 e. The third kappa shape index (κ3) is 3.87. The molecule has 2 aromatic rings. The number of ether oxygens (including phenoxy) is 2. The second-order valence-electron chi connectivity index (χ2n) is 4.42. The SMILES string of the molecule is COc1ccc(C(=O)O)cc1Oc1ccc(C(F)(F)F)cc1Cl. The Hall–Kier alpha value is -2.41. The molecule has 2 aromatic carbocycles. The third-order valence-corrected chi connectivity index (χ3v) is 3.19. The molecule has 0 aliphatic rings. The first-order valence-electron chi connectivity index (χ1n) is 6.18. The van der Waals surface area contributed by atoms with Gasteiger partial charge in [-0.15, -0.1) is 0 Å². The molecular weight excluding hydrogens is 337 g/mol. The lowest BCUT2D eigenvalue weighted by atomic mass is 10.2. The van der Waals surface area contributed by atoms with E-state index in [-0.39, 0.29) is 27.8 Å². The minimum absolute atomic E-state index is 0.0223. The molecule has 0 radical (unpaired) electrons. The molecule has 0 atom stereocenters. The maximum Gasteiger partial charge on any atom is 0.416 e. The van der Waals surface area contributed by atoms with Crippen LogP contribution in [0.2, 0.25) is 5.02 Å². The highest BCUT2D eigenvalue weighted by molar-refractivity contribution is 6.32. The Morgan fingerprint density at radius 2 is 1.74 bits per heavy atom. The van der Waals surface area contributed by atoms with Gasteiger partial charge in [0.2, 0.25) is 0 Å². The van der Waals surface area contributed by atoms with Gasteiger partial charge >= 0.3 is 12.1 Å². The van der Waals surface area contributed by atoms with Gasteiger partial charge in [0.15, 0.2) is 11.5 Å². The summed E-state index contributed by atoms with van der Waals surface area (Å²) < 4.78 is 48.2.